The quantitative estimate of drug-likeness (QED) is 0.900. The third-order valence-electron chi connectivity index (χ3n) is 3.62. The summed E-state index contributed by atoms with van der Waals surface area (Å²) in [4.78, 5) is 11.2. The second-order valence-corrected chi connectivity index (χ2v) is 7.51. The molecule has 1 aromatic rings. The van der Waals surface area contributed by atoms with Crippen LogP contribution in [-0.4, -0.2) is 43.9 Å². The number of amides is 1. The van der Waals surface area contributed by atoms with Crippen LogP contribution in [0.25, 0.3) is 0 Å². The Morgan fingerprint density at radius 3 is 2.55 bits per heavy atom. The van der Waals surface area contributed by atoms with Crippen molar-refractivity contribution in [2.24, 2.45) is 0 Å². The Morgan fingerprint density at radius 1 is 1.32 bits per heavy atom. The zero-order chi connectivity index (χ0) is 16.3. The number of hydrogen-bond acceptors (Lipinski definition) is 4. The fraction of sp³-hybridized carbons (Fsp3) is 0.533. The van der Waals surface area contributed by atoms with Gasteiger partial charge in [0.15, 0.2) is 0 Å². The van der Waals surface area contributed by atoms with Crippen molar-refractivity contribution in [2.45, 2.75) is 44.4 Å². The van der Waals surface area contributed by atoms with Gasteiger partial charge in [-0.2, -0.15) is 4.31 Å². The third-order valence-corrected chi connectivity index (χ3v) is 5.62. The van der Waals surface area contributed by atoms with Gasteiger partial charge in [-0.15, -0.1) is 0 Å². The smallest absolute Gasteiger partial charge is 0.243 e. The summed E-state index contributed by atoms with van der Waals surface area (Å²) in [5.41, 5.74) is 0.859. The molecule has 22 heavy (non-hydrogen) atoms. The van der Waals surface area contributed by atoms with Crippen LogP contribution in [0.1, 0.15) is 26.3 Å². The molecular weight excluding hydrogens is 304 g/mol. The first-order chi connectivity index (χ1) is 10.3. The minimum absolute atomic E-state index is 0.106. The number of rotatable bonds is 4. The van der Waals surface area contributed by atoms with E-state index in [-0.39, 0.29) is 22.9 Å². The molecule has 1 N–H and O–H groups in total. The van der Waals surface area contributed by atoms with Gasteiger partial charge >= 0.3 is 0 Å². The molecule has 0 aliphatic carbocycles. The van der Waals surface area contributed by atoms with Crippen LogP contribution >= 0.6 is 0 Å². The zero-order valence-electron chi connectivity index (χ0n) is 13.1. The maximum absolute atomic E-state index is 12.7. The van der Waals surface area contributed by atoms with Crippen molar-refractivity contribution in [1.29, 1.82) is 0 Å². The molecule has 2 rings (SSSR count). The van der Waals surface area contributed by atoms with Crippen molar-refractivity contribution in [2.75, 3.05) is 13.2 Å². The van der Waals surface area contributed by atoms with E-state index in [0.29, 0.717) is 19.7 Å². The Balaban J connectivity index is 2.17. The molecule has 0 spiro atoms. The van der Waals surface area contributed by atoms with Gasteiger partial charge in [0, 0.05) is 26.1 Å². The summed E-state index contributed by atoms with van der Waals surface area (Å²) in [5.74, 6) is -0.118. The molecule has 1 fully saturated rings. The number of nitrogens with one attached hydrogen (secondary N) is 1. The van der Waals surface area contributed by atoms with Crippen molar-refractivity contribution < 1.29 is 17.9 Å². The molecule has 1 aliphatic heterocycles. The van der Waals surface area contributed by atoms with E-state index in [1.54, 1.807) is 24.3 Å². The highest BCUT2D eigenvalue weighted by Crippen LogP contribution is 2.22. The standard InChI is InChI=1S/C15H22N2O4S/c1-11-10-21-12(2)9-17(11)22(19,20)15-6-4-14(5-7-15)8-16-13(3)18/h4-7,11-12H,8-10H2,1-3H3,(H,16,18)/t11-,12+/m0/s1. The summed E-state index contributed by atoms with van der Waals surface area (Å²) < 4.78 is 32.4. The van der Waals surface area contributed by atoms with E-state index in [2.05, 4.69) is 5.32 Å². The van der Waals surface area contributed by atoms with Crippen LogP contribution in [0.5, 0.6) is 0 Å². The minimum Gasteiger partial charge on any atom is -0.375 e. The van der Waals surface area contributed by atoms with Crippen LogP contribution < -0.4 is 5.32 Å². The molecule has 0 bridgehead atoms. The number of nitrogens with zero attached hydrogens (tertiary/aromatic N) is 1. The predicted octanol–water partition coefficient (Wildman–Crippen LogP) is 1.12. The van der Waals surface area contributed by atoms with E-state index < -0.39 is 10.0 Å². The average molecular weight is 326 g/mol. The summed E-state index contributed by atoms with van der Waals surface area (Å²) in [6.45, 7) is 6.30. The van der Waals surface area contributed by atoms with Crippen molar-refractivity contribution in [3.63, 3.8) is 0 Å². The van der Waals surface area contributed by atoms with Gasteiger partial charge in [0.1, 0.15) is 0 Å². The number of benzene rings is 1. The number of carbonyl (C=O) groups excluding carboxylic acids is 1. The lowest BCUT2D eigenvalue weighted by Crippen LogP contribution is -2.50. The van der Waals surface area contributed by atoms with E-state index in [9.17, 15) is 13.2 Å². The molecule has 0 aromatic heterocycles. The summed E-state index contributed by atoms with van der Waals surface area (Å²) >= 11 is 0. The fourth-order valence-corrected chi connectivity index (χ4v) is 4.04. The summed E-state index contributed by atoms with van der Waals surface area (Å²) in [7, 11) is -3.53. The van der Waals surface area contributed by atoms with Gasteiger partial charge in [0.25, 0.3) is 0 Å². The topological polar surface area (TPSA) is 75.7 Å². The van der Waals surface area contributed by atoms with Crippen LogP contribution in [0.15, 0.2) is 29.2 Å². The monoisotopic (exact) mass is 326 g/mol. The van der Waals surface area contributed by atoms with Crippen LogP contribution in [0.2, 0.25) is 0 Å². The Kier molecular flexibility index (Phi) is 5.20. The molecule has 122 valence electrons. The first-order valence-electron chi connectivity index (χ1n) is 7.27. The number of hydrogen-bond donors (Lipinski definition) is 1. The summed E-state index contributed by atoms with van der Waals surface area (Å²) in [6.07, 6.45) is -0.106. The summed E-state index contributed by atoms with van der Waals surface area (Å²) in [6, 6.07) is 6.42. The SMILES string of the molecule is CC(=O)NCc1ccc(S(=O)(=O)N2C[C@@H](C)OC[C@@H]2C)cc1. The fourth-order valence-electron chi connectivity index (χ4n) is 2.35. The van der Waals surface area contributed by atoms with Crippen LogP contribution in [0.3, 0.4) is 0 Å². The van der Waals surface area contributed by atoms with Crippen molar-refractivity contribution in [1.82, 2.24) is 9.62 Å². The van der Waals surface area contributed by atoms with Gasteiger partial charge in [0.05, 0.1) is 17.6 Å². The third kappa shape index (κ3) is 3.85. The zero-order valence-corrected chi connectivity index (χ0v) is 13.9. The van der Waals surface area contributed by atoms with E-state index in [1.165, 1.54) is 11.2 Å². The first kappa shape index (κ1) is 16.9. The second kappa shape index (κ2) is 6.76. The van der Waals surface area contributed by atoms with E-state index in [0.717, 1.165) is 5.56 Å². The second-order valence-electron chi connectivity index (χ2n) is 5.62. The predicted molar refractivity (Wildman–Crippen MR) is 82.7 cm³/mol. The van der Waals surface area contributed by atoms with Gasteiger partial charge in [0.2, 0.25) is 15.9 Å². The summed E-state index contributed by atoms with van der Waals surface area (Å²) in [5, 5.41) is 2.68. The van der Waals surface area contributed by atoms with Gasteiger partial charge in [-0.05, 0) is 31.5 Å². The number of sulfonamides is 1. The van der Waals surface area contributed by atoms with Crippen molar-refractivity contribution >= 4 is 15.9 Å². The highest BCUT2D eigenvalue weighted by atomic mass is 32.2. The maximum Gasteiger partial charge on any atom is 0.243 e. The Morgan fingerprint density at radius 2 is 1.95 bits per heavy atom. The molecule has 1 amide bonds. The molecule has 6 nitrogen and oxygen atoms in total. The Labute approximate surface area is 131 Å². The molecular formula is C15H22N2O4S. The van der Waals surface area contributed by atoms with Gasteiger partial charge < -0.3 is 10.1 Å². The molecule has 1 saturated heterocycles. The van der Waals surface area contributed by atoms with Crippen LogP contribution in [-0.2, 0) is 26.1 Å². The molecule has 1 heterocycles. The lowest BCUT2D eigenvalue weighted by atomic mass is 10.2. The van der Waals surface area contributed by atoms with E-state index in [4.69, 9.17) is 4.74 Å². The molecule has 2 atom stereocenters. The van der Waals surface area contributed by atoms with Gasteiger partial charge in [-0.1, -0.05) is 12.1 Å². The van der Waals surface area contributed by atoms with Crippen molar-refractivity contribution in [3.05, 3.63) is 29.8 Å². The number of ether oxygens (including phenoxy) is 1. The van der Waals surface area contributed by atoms with E-state index in [1.807, 2.05) is 13.8 Å². The van der Waals surface area contributed by atoms with E-state index >= 15 is 0 Å². The highest BCUT2D eigenvalue weighted by Gasteiger charge is 2.33. The average Bonchev–Trinajstić information content (AvgIpc) is 2.48. The highest BCUT2D eigenvalue weighted by molar-refractivity contribution is 7.89. The van der Waals surface area contributed by atoms with Gasteiger partial charge in [-0.3, -0.25) is 4.79 Å². The normalized spacial score (nSPS) is 23.2. The molecule has 7 heteroatoms. The Hall–Kier alpha value is -1.44. The first-order valence-corrected chi connectivity index (χ1v) is 8.71. The van der Waals surface area contributed by atoms with Gasteiger partial charge in [-0.25, -0.2) is 8.42 Å². The molecule has 1 aromatic carbocycles. The minimum atomic E-state index is -3.53. The number of morpholine rings is 1. The van der Waals surface area contributed by atoms with Crippen LogP contribution in [0.4, 0.5) is 0 Å². The maximum atomic E-state index is 12.7. The Bertz CT molecular complexity index is 627. The lowest BCUT2D eigenvalue weighted by Gasteiger charge is -2.35. The molecule has 0 saturated carbocycles. The lowest BCUT2D eigenvalue weighted by molar-refractivity contribution is -0.119. The van der Waals surface area contributed by atoms with Crippen molar-refractivity contribution in [3.8, 4) is 0 Å². The molecule has 1 aliphatic rings. The molecule has 0 radical (unpaired) electrons. The van der Waals surface area contributed by atoms with Crippen LogP contribution in [0, 0.1) is 0 Å². The largest absolute Gasteiger partial charge is 0.375 e. The molecule has 0 unspecified atom stereocenters. The number of carbonyl (C=O) groups is 1.